The second-order valence-corrected chi connectivity index (χ2v) is 6.55. The number of carbonyl (C=O) groups excluding carboxylic acids is 2. The molecule has 0 spiro atoms. The number of rotatable bonds is 5. The van der Waals surface area contributed by atoms with Crippen molar-refractivity contribution in [2.75, 3.05) is 10.6 Å². The van der Waals surface area contributed by atoms with Gasteiger partial charge in [-0.2, -0.15) is 0 Å². The number of nitro groups is 1. The lowest BCUT2D eigenvalue weighted by Gasteiger charge is -2.02. The third-order valence-electron chi connectivity index (χ3n) is 3.49. The highest BCUT2D eigenvalue weighted by molar-refractivity contribution is 7.22. The van der Waals surface area contributed by atoms with Crippen LogP contribution in [0.2, 0.25) is 0 Å². The number of anilines is 2. The Kier molecular flexibility index (Phi) is 5.23. The Labute approximate surface area is 157 Å². The van der Waals surface area contributed by atoms with Crippen LogP contribution in [0.1, 0.15) is 12.5 Å². The molecule has 27 heavy (non-hydrogen) atoms. The van der Waals surface area contributed by atoms with Crippen LogP contribution >= 0.6 is 11.3 Å². The number of carbonyl (C=O) groups is 2. The Balaban J connectivity index is 1.74. The van der Waals surface area contributed by atoms with Crippen molar-refractivity contribution >= 4 is 56.0 Å². The molecule has 0 bridgehead atoms. The van der Waals surface area contributed by atoms with E-state index < -0.39 is 10.8 Å². The van der Waals surface area contributed by atoms with Gasteiger partial charge in [-0.15, -0.1) is 0 Å². The van der Waals surface area contributed by atoms with Gasteiger partial charge < -0.3 is 10.6 Å². The van der Waals surface area contributed by atoms with E-state index in [1.54, 1.807) is 36.4 Å². The van der Waals surface area contributed by atoms with E-state index >= 15 is 0 Å². The van der Waals surface area contributed by atoms with Crippen molar-refractivity contribution in [1.82, 2.24) is 4.98 Å². The Morgan fingerprint density at radius 3 is 2.70 bits per heavy atom. The molecular formula is C18H14N4O4S. The predicted octanol–water partition coefficient (Wildman–Crippen LogP) is 3.81. The summed E-state index contributed by atoms with van der Waals surface area (Å²) >= 11 is 1.29. The van der Waals surface area contributed by atoms with Gasteiger partial charge >= 0.3 is 0 Å². The number of amides is 2. The van der Waals surface area contributed by atoms with E-state index in [-0.39, 0.29) is 11.6 Å². The summed E-state index contributed by atoms with van der Waals surface area (Å²) in [7, 11) is 0. The predicted molar refractivity (Wildman–Crippen MR) is 105 cm³/mol. The first-order chi connectivity index (χ1) is 12.9. The van der Waals surface area contributed by atoms with Gasteiger partial charge in [0.1, 0.15) is 0 Å². The van der Waals surface area contributed by atoms with E-state index in [4.69, 9.17) is 0 Å². The quantitative estimate of drug-likeness (QED) is 0.396. The molecular weight excluding hydrogens is 368 g/mol. The van der Waals surface area contributed by atoms with Gasteiger partial charge in [-0.1, -0.05) is 23.5 Å². The number of nitro benzene ring substituents is 1. The van der Waals surface area contributed by atoms with Crippen molar-refractivity contribution in [2.45, 2.75) is 6.92 Å². The first-order valence-electron chi connectivity index (χ1n) is 7.83. The van der Waals surface area contributed by atoms with Gasteiger partial charge in [0, 0.05) is 24.8 Å². The van der Waals surface area contributed by atoms with Crippen LogP contribution < -0.4 is 10.6 Å². The fraction of sp³-hybridized carbons (Fsp3) is 0.0556. The number of para-hydroxylation sites is 1. The molecule has 0 fully saturated rings. The highest BCUT2D eigenvalue weighted by atomic mass is 32.1. The van der Waals surface area contributed by atoms with E-state index in [1.807, 2.05) is 0 Å². The first kappa shape index (κ1) is 18.2. The highest BCUT2D eigenvalue weighted by Crippen LogP contribution is 2.28. The van der Waals surface area contributed by atoms with Gasteiger partial charge in [0.05, 0.1) is 20.7 Å². The molecule has 0 aliphatic rings. The van der Waals surface area contributed by atoms with Crippen LogP contribution in [0.5, 0.6) is 0 Å². The van der Waals surface area contributed by atoms with Crippen molar-refractivity contribution < 1.29 is 14.5 Å². The van der Waals surface area contributed by atoms with E-state index in [0.717, 1.165) is 4.70 Å². The van der Waals surface area contributed by atoms with Crippen LogP contribution in [0.4, 0.5) is 16.5 Å². The van der Waals surface area contributed by atoms with Crippen LogP contribution in [-0.2, 0) is 9.59 Å². The van der Waals surface area contributed by atoms with Crippen molar-refractivity contribution in [3.8, 4) is 0 Å². The summed E-state index contributed by atoms with van der Waals surface area (Å²) in [5, 5.41) is 16.8. The van der Waals surface area contributed by atoms with Crippen LogP contribution in [0.25, 0.3) is 16.3 Å². The van der Waals surface area contributed by atoms with E-state index in [2.05, 4.69) is 15.6 Å². The molecule has 1 aromatic heterocycles. The van der Waals surface area contributed by atoms with Crippen LogP contribution in [0.3, 0.4) is 0 Å². The summed E-state index contributed by atoms with van der Waals surface area (Å²) in [6, 6.07) is 11.3. The largest absolute Gasteiger partial charge is 0.322 e. The normalized spacial score (nSPS) is 10.9. The van der Waals surface area contributed by atoms with E-state index in [1.165, 1.54) is 36.5 Å². The SMILES string of the molecule is CC(=O)Nc1nc2ccc(NC(=O)C=Cc3ccccc3[N+](=O)[O-])cc2s1. The fourth-order valence-corrected chi connectivity index (χ4v) is 3.30. The molecule has 3 aromatic rings. The lowest BCUT2D eigenvalue weighted by Crippen LogP contribution is -2.07. The van der Waals surface area contributed by atoms with Gasteiger partial charge in [-0.3, -0.25) is 19.7 Å². The summed E-state index contributed by atoms with van der Waals surface area (Å²) in [6.45, 7) is 1.40. The minimum absolute atomic E-state index is 0.0712. The standard InChI is InChI=1S/C18H14N4O4S/c1-11(23)19-18-21-14-8-7-13(10-16(14)27-18)20-17(24)9-6-12-4-2-3-5-15(12)22(25)26/h2-10H,1H3,(H,20,24)(H,19,21,23). The number of hydrogen-bond donors (Lipinski definition) is 2. The Bertz CT molecular complexity index is 1070. The molecule has 0 saturated carbocycles. The zero-order chi connectivity index (χ0) is 19.4. The van der Waals surface area contributed by atoms with Gasteiger partial charge in [-0.25, -0.2) is 4.98 Å². The molecule has 1 heterocycles. The second kappa shape index (κ2) is 7.75. The summed E-state index contributed by atoms with van der Waals surface area (Å²) in [5.41, 5.74) is 1.53. The summed E-state index contributed by atoms with van der Waals surface area (Å²) in [5.74, 6) is -0.623. The number of fused-ring (bicyclic) bond motifs is 1. The maximum Gasteiger partial charge on any atom is 0.276 e. The molecule has 0 unspecified atom stereocenters. The molecule has 0 atom stereocenters. The van der Waals surface area contributed by atoms with Crippen LogP contribution in [0.15, 0.2) is 48.5 Å². The number of nitrogens with zero attached hydrogens (tertiary/aromatic N) is 2. The molecule has 8 nitrogen and oxygen atoms in total. The van der Waals surface area contributed by atoms with Gasteiger partial charge in [0.25, 0.3) is 5.69 Å². The average Bonchev–Trinajstić information content (AvgIpc) is 3.00. The van der Waals surface area contributed by atoms with E-state index in [0.29, 0.717) is 21.9 Å². The smallest absolute Gasteiger partial charge is 0.276 e. The van der Waals surface area contributed by atoms with Gasteiger partial charge in [0.2, 0.25) is 11.8 Å². The Morgan fingerprint density at radius 2 is 1.96 bits per heavy atom. The molecule has 136 valence electrons. The minimum atomic E-state index is -0.498. The lowest BCUT2D eigenvalue weighted by molar-refractivity contribution is -0.385. The number of thiazole rings is 1. The topological polar surface area (TPSA) is 114 Å². The maximum absolute atomic E-state index is 12.1. The summed E-state index contributed by atoms with van der Waals surface area (Å²) in [6.07, 6.45) is 2.63. The average molecular weight is 382 g/mol. The number of nitrogens with one attached hydrogen (secondary N) is 2. The lowest BCUT2D eigenvalue weighted by atomic mass is 10.1. The van der Waals surface area contributed by atoms with Crippen LogP contribution in [-0.4, -0.2) is 21.7 Å². The molecule has 0 aliphatic heterocycles. The monoisotopic (exact) mass is 382 g/mol. The fourth-order valence-electron chi connectivity index (χ4n) is 2.35. The number of benzene rings is 2. The minimum Gasteiger partial charge on any atom is -0.322 e. The summed E-state index contributed by atoms with van der Waals surface area (Å²) in [4.78, 5) is 38.0. The van der Waals surface area contributed by atoms with Crippen molar-refractivity contribution in [3.05, 3.63) is 64.2 Å². The number of hydrogen-bond acceptors (Lipinski definition) is 6. The molecule has 2 amide bonds. The Morgan fingerprint density at radius 1 is 1.19 bits per heavy atom. The number of aromatic nitrogens is 1. The van der Waals surface area contributed by atoms with Crippen molar-refractivity contribution in [3.63, 3.8) is 0 Å². The molecule has 0 saturated heterocycles. The van der Waals surface area contributed by atoms with E-state index in [9.17, 15) is 19.7 Å². The highest BCUT2D eigenvalue weighted by Gasteiger charge is 2.10. The third kappa shape index (κ3) is 4.53. The van der Waals surface area contributed by atoms with Crippen molar-refractivity contribution in [1.29, 1.82) is 0 Å². The van der Waals surface area contributed by atoms with Crippen molar-refractivity contribution in [2.24, 2.45) is 0 Å². The summed E-state index contributed by atoms with van der Waals surface area (Å²) < 4.78 is 0.805. The zero-order valence-electron chi connectivity index (χ0n) is 14.1. The Hall–Kier alpha value is -3.59. The maximum atomic E-state index is 12.1. The van der Waals surface area contributed by atoms with Gasteiger partial charge in [0.15, 0.2) is 5.13 Å². The third-order valence-corrected chi connectivity index (χ3v) is 4.42. The van der Waals surface area contributed by atoms with Gasteiger partial charge in [-0.05, 0) is 30.3 Å². The molecule has 0 aliphatic carbocycles. The molecule has 3 rings (SSSR count). The molecule has 2 aromatic carbocycles. The second-order valence-electron chi connectivity index (χ2n) is 5.52. The van der Waals surface area contributed by atoms with Crippen LogP contribution in [0, 0.1) is 10.1 Å². The molecule has 2 N–H and O–H groups in total. The molecule has 0 radical (unpaired) electrons. The first-order valence-corrected chi connectivity index (χ1v) is 8.65. The molecule has 9 heteroatoms. The zero-order valence-corrected chi connectivity index (χ0v) is 14.9.